The summed E-state index contributed by atoms with van der Waals surface area (Å²) in [7, 11) is 4.20. The van der Waals surface area contributed by atoms with E-state index in [1.165, 1.54) is 11.2 Å². The van der Waals surface area contributed by atoms with Crippen LogP contribution in [0.5, 0.6) is 0 Å². The Labute approximate surface area is 171 Å². The summed E-state index contributed by atoms with van der Waals surface area (Å²) in [6.07, 6.45) is 1.84. The molecule has 150 valence electrons. The molecule has 0 aliphatic heterocycles. The van der Waals surface area contributed by atoms with E-state index in [4.69, 9.17) is 9.51 Å². The molecule has 0 atom stereocenters. The average Bonchev–Trinajstić information content (AvgIpc) is 3.17. The predicted molar refractivity (Wildman–Crippen MR) is 116 cm³/mol. The van der Waals surface area contributed by atoms with Gasteiger partial charge in [-0.1, -0.05) is 5.16 Å². The molecule has 29 heavy (non-hydrogen) atoms. The summed E-state index contributed by atoms with van der Waals surface area (Å²) in [5.74, 6) is 0.786. The Morgan fingerprint density at radius 3 is 2.52 bits per heavy atom. The minimum atomic E-state index is 0.786. The van der Waals surface area contributed by atoms with Crippen LogP contribution in [0.4, 0.5) is 0 Å². The summed E-state index contributed by atoms with van der Waals surface area (Å²) in [6, 6.07) is 8.52. The lowest BCUT2D eigenvalue weighted by Crippen LogP contribution is -2.18. The quantitative estimate of drug-likeness (QED) is 0.501. The normalized spacial score (nSPS) is 11.7. The van der Waals surface area contributed by atoms with Crippen molar-refractivity contribution in [2.24, 2.45) is 0 Å². The first-order chi connectivity index (χ1) is 13.8. The Hall–Kier alpha value is -2.99. The fourth-order valence-electron chi connectivity index (χ4n) is 3.87. The Kier molecular flexibility index (Phi) is 4.96. The highest BCUT2D eigenvalue weighted by atomic mass is 16.5. The number of fused-ring (bicyclic) bond motifs is 1. The Bertz CT molecular complexity index is 1170. The number of rotatable bonds is 5. The lowest BCUT2D eigenvalue weighted by molar-refractivity contribution is 0.385. The third-order valence-electron chi connectivity index (χ3n) is 5.34. The largest absolute Gasteiger partial charge is 0.361 e. The average molecular weight is 390 g/mol. The van der Waals surface area contributed by atoms with Crippen LogP contribution in [-0.2, 0) is 6.54 Å². The lowest BCUT2D eigenvalue weighted by Gasteiger charge is -2.14. The van der Waals surface area contributed by atoms with Gasteiger partial charge in [0.25, 0.3) is 0 Å². The molecule has 0 spiro atoms. The van der Waals surface area contributed by atoms with E-state index in [1.807, 2.05) is 33.0 Å². The van der Waals surface area contributed by atoms with Crippen molar-refractivity contribution >= 4 is 10.9 Å². The lowest BCUT2D eigenvalue weighted by atomic mass is 10.0. The van der Waals surface area contributed by atoms with Crippen molar-refractivity contribution < 1.29 is 4.52 Å². The Balaban J connectivity index is 2.01. The number of likely N-dealkylation sites (N-methyl/N-ethyl adjacent to an activating group) is 1. The first-order valence-electron chi connectivity index (χ1n) is 9.87. The molecule has 0 aromatic carbocycles. The fourth-order valence-corrected chi connectivity index (χ4v) is 3.87. The molecular formula is C23H27N5O. The fraction of sp³-hybridized carbons (Fsp3) is 0.348. The van der Waals surface area contributed by atoms with Crippen LogP contribution < -0.4 is 0 Å². The predicted octanol–water partition coefficient (Wildman–Crippen LogP) is 4.55. The summed E-state index contributed by atoms with van der Waals surface area (Å²) in [4.78, 5) is 11.6. The molecule has 4 rings (SSSR count). The molecule has 0 saturated heterocycles. The molecular weight excluding hydrogens is 362 g/mol. The zero-order chi connectivity index (χ0) is 20.7. The number of hydrogen-bond acceptors (Lipinski definition) is 5. The van der Waals surface area contributed by atoms with Gasteiger partial charge in [0.05, 0.1) is 28.2 Å². The summed E-state index contributed by atoms with van der Waals surface area (Å²) in [6.45, 7) is 9.96. The van der Waals surface area contributed by atoms with Crippen LogP contribution in [0.2, 0.25) is 0 Å². The molecule has 0 saturated carbocycles. The summed E-state index contributed by atoms with van der Waals surface area (Å²) < 4.78 is 7.80. The van der Waals surface area contributed by atoms with Crippen molar-refractivity contribution in [3.8, 4) is 22.5 Å². The van der Waals surface area contributed by atoms with Crippen LogP contribution in [0.25, 0.3) is 33.4 Å². The first kappa shape index (κ1) is 19.3. The smallest absolute Gasteiger partial charge is 0.143 e. The van der Waals surface area contributed by atoms with Crippen molar-refractivity contribution in [3.05, 3.63) is 53.3 Å². The molecule has 6 heteroatoms. The van der Waals surface area contributed by atoms with E-state index in [9.17, 15) is 0 Å². The van der Waals surface area contributed by atoms with Gasteiger partial charge in [0.2, 0.25) is 0 Å². The van der Waals surface area contributed by atoms with Crippen LogP contribution in [0, 0.1) is 27.7 Å². The zero-order valence-corrected chi connectivity index (χ0v) is 17.9. The van der Waals surface area contributed by atoms with Crippen molar-refractivity contribution in [2.45, 2.75) is 34.2 Å². The van der Waals surface area contributed by atoms with E-state index in [0.717, 1.165) is 58.1 Å². The highest BCUT2D eigenvalue weighted by Crippen LogP contribution is 2.35. The molecule has 0 N–H and O–H groups in total. The van der Waals surface area contributed by atoms with Crippen LogP contribution >= 0.6 is 0 Å². The summed E-state index contributed by atoms with van der Waals surface area (Å²) in [5, 5.41) is 5.29. The molecule has 4 aromatic heterocycles. The molecule has 6 nitrogen and oxygen atoms in total. The maximum absolute atomic E-state index is 5.43. The summed E-state index contributed by atoms with van der Waals surface area (Å²) >= 11 is 0. The van der Waals surface area contributed by atoms with Gasteiger partial charge in [0, 0.05) is 41.6 Å². The molecule has 0 amide bonds. The van der Waals surface area contributed by atoms with Crippen molar-refractivity contribution in [2.75, 3.05) is 20.6 Å². The Morgan fingerprint density at radius 2 is 1.86 bits per heavy atom. The van der Waals surface area contributed by atoms with Gasteiger partial charge >= 0.3 is 0 Å². The topological polar surface area (TPSA) is 60.0 Å². The van der Waals surface area contributed by atoms with Crippen LogP contribution in [0.3, 0.4) is 0 Å². The van der Waals surface area contributed by atoms with E-state index in [-0.39, 0.29) is 0 Å². The molecule has 4 aromatic rings. The number of hydrogen-bond donors (Lipinski definition) is 0. The van der Waals surface area contributed by atoms with E-state index in [0.29, 0.717) is 0 Å². The van der Waals surface area contributed by atoms with Gasteiger partial charge in [-0.05, 0) is 66.1 Å². The monoisotopic (exact) mass is 389 g/mol. The van der Waals surface area contributed by atoms with E-state index < -0.39 is 0 Å². The summed E-state index contributed by atoms with van der Waals surface area (Å²) in [5.41, 5.74) is 8.14. The van der Waals surface area contributed by atoms with Crippen molar-refractivity contribution in [1.82, 2.24) is 24.6 Å². The molecule has 0 radical (unpaired) electrons. The highest BCUT2D eigenvalue weighted by molar-refractivity contribution is 5.96. The van der Waals surface area contributed by atoms with Gasteiger partial charge in [-0.3, -0.25) is 4.98 Å². The molecule has 4 heterocycles. The molecule has 0 unspecified atom stereocenters. The van der Waals surface area contributed by atoms with Crippen LogP contribution in [0.15, 0.2) is 35.0 Å². The standard InChI is InChI=1S/C23H27N5O/c1-14-11-18(7-8-24-14)23-19-12-15(2)28(10-9-27(5)6)21(19)13-20(25-23)22-16(3)26-29-17(22)4/h7-8,11-13H,9-10H2,1-6H3. The van der Waals surface area contributed by atoms with Gasteiger partial charge in [-0.25, -0.2) is 4.98 Å². The van der Waals surface area contributed by atoms with Gasteiger partial charge in [0.1, 0.15) is 5.76 Å². The van der Waals surface area contributed by atoms with Gasteiger partial charge in [-0.2, -0.15) is 0 Å². The molecule has 0 aliphatic rings. The SMILES string of the molecule is Cc1cc(-c2nc(-c3c(C)noc3C)cc3c2cc(C)n3CCN(C)C)ccn1. The number of aromatic nitrogens is 4. The minimum absolute atomic E-state index is 0.786. The van der Waals surface area contributed by atoms with E-state index in [2.05, 4.69) is 58.8 Å². The van der Waals surface area contributed by atoms with Crippen LogP contribution in [0.1, 0.15) is 22.8 Å². The number of nitrogens with zero attached hydrogens (tertiary/aromatic N) is 5. The highest BCUT2D eigenvalue weighted by Gasteiger charge is 2.19. The third-order valence-corrected chi connectivity index (χ3v) is 5.34. The van der Waals surface area contributed by atoms with E-state index >= 15 is 0 Å². The van der Waals surface area contributed by atoms with Crippen molar-refractivity contribution in [3.63, 3.8) is 0 Å². The van der Waals surface area contributed by atoms with Gasteiger partial charge < -0.3 is 14.0 Å². The van der Waals surface area contributed by atoms with E-state index in [1.54, 1.807) is 0 Å². The second-order valence-electron chi connectivity index (χ2n) is 7.91. The molecule has 0 bridgehead atoms. The Morgan fingerprint density at radius 1 is 1.07 bits per heavy atom. The van der Waals surface area contributed by atoms with Crippen LogP contribution in [-0.4, -0.2) is 45.2 Å². The molecule has 0 fully saturated rings. The van der Waals surface area contributed by atoms with Crippen molar-refractivity contribution in [1.29, 1.82) is 0 Å². The van der Waals surface area contributed by atoms with Gasteiger partial charge in [-0.15, -0.1) is 0 Å². The number of pyridine rings is 2. The second kappa shape index (κ2) is 7.44. The minimum Gasteiger partial charge on any atom is -0.361 e. The van der Waals surface area contributed by atoms with Gasteiger partial charge in [0.15, 0.2) is 0 Å². The zero-order valence-electron chi connectivity index (χ0n) is 17.9. The first-order valence-corrected chi connectivity index (χ1v) is 9.87. The third kappa shape index (κ3) is 3.56. The maximum atomic E-state index is 5.43. The maximum Gasteiger partial charge on any atom is 0.143 e. The second-order valence-corrected chi connectivity index (χ2v) is 7.91. The molecule has 0 aliphatic carbocycles. The number of aryl methyl sites for hydroxylation is 4.